The first-order valence-electron chi connectivity index (χ1n) is 3.84. The van der Waals surface area contributed by atoms with E-state index >= 15 is 0 Å². The number of aliphatic hydroxyl groups excluding tert-OH is 2. The minimum atomic E-state index is -2.00. The van der Waals surface area contributed by atoms with Gasteiger partial charge in [-0.1, -0.05) is 23.2 Å². The number of pyridine rings is 1. The topological polar surface area (TPSA) is 90.7 Å². The Hall–Kier alpha value is -0.880. The summed E-state index contributed by atoms with van der Waals surface area (Å²) in [6, 6.07) is 1.33. The molecular formula is C8H7Cl2NO4. The normalized spacial score (nSPS) is 14.7. The van der Waals surface area contributed by atoms with Crippen LogP contribution in [-0.4, -0.2) is 32.4 Å². The summed E-state index contributed by atoms with van der Waals surface area (Å²) in [7, 11) is 0. The zero-order valence-corrected chi connectivity index (χ0v) is 8.77. The zero-order valence-electron chi connectivity index (χ0n) is 7.26. The SMILES string of the molecule is O=C(O)C(O)C(O)c1c(Cl)ccnc1Cl. The molecule has 82 valence electrons. The van der Waals surface area contributed by atoms with Crippen LogP contribution in [0.3, 0.4) is 0 Å². The lowest BCUT2D eigenvalue weighted by atomic mass is 10.1. The Balaban J connectivity index is 3.10. The molecule has 0 saturated heterocycles. The highest BCUT2D eigenvalue weighted by molar-refractivity contribution is 6.35. The van der Waals surface area contributed by atoms with Crippen molar-refractivity contribution in [1.29, 1.82) is 0 Å². The summed E-state index contributed by atoms with van der Waals surface area (Å²) in [5, 5.41) is 27.0. The van der Waals surface area contributed by atoms with Crippen LogP contribution in [0.25, 0.3) is 0 Å². The molecule has 15 heavy (non-hydrogen) atoms. The summed E-state index contributed by atoms with van der Waals surface area (Å²) in [4.78, 5) is 14.0. The van der Waals surface area contributed by atoms with Crippen LogP contribution in [0.4, 0.5) is 0 Å². The molecule has 5 nitrogen and oxygen atoms in total. The van der Waals surface area contributed by atoms with Gasteiger partial charge in [0.2, 0.25) is 0 Å². The van der Waals surface area contributed by atoms with Gasteiger partial charge in [-0.05, 0) is 6.07 Å². The third-order valence-electron chi connectivity index (χ3n) is 1.74. The van der Waals surface area contributed by atoms with Gasteiger partial charge < -0.3 is 15.3 Å². The summed E-state index contributed by atoms with van der Waals surface area (Å²) in [5.74, 6) is -1.57. The summed E-state index contributed by atoms with van der Waals surface area (Å²) in [6.07, 6.45) is -2.41. The second-order valence-electron chi connectivity index (χ2n) is 2.73. The van der Waals surface area contributed by atoms with Crippen LogP contribution in [0.15, 0.2) is 12.3 Å². The first-order chi connectivity index (χ1) is 6.95. The number of carboxylic acids is 1. The first kappa shape index (κ1) is 12.2. The largest absolute Gasteiger partial charge is 0.479 e. The van der Waals surface area contributed by atoms with Crippen molar-refractivity contribution in [3.63, 3.8) is 0 Å². The number of carbonyl (C=O) groups is 1. The number of hydrogen-bond acceptors (Lipinski definition) is 4. The van der Waals surface area contributed by atoms with Crippen LogP contribution in [0.2, 0.25) is 10.2 Å². The lowest BCUT2D eigenvalue weighted by molar-refractivity contribution is -0.153. The fourth-order valence-electron chi connectivity index (χ4n) is 0.982. The molecule has 3 N–H and O–H groups in total. The molecule has 0 aromatic carbocycles. The maximum absolute atomic E-state index is 10.4. The molecule has 2 unspecified atom stereocenters. The second-order valence-corrected chi connectivity index (χ2v) is 3.49. The molecular weight excluding hydrogens is 245 g/mol. The van der Waals surface area contributed by atoms with Gasteiger partial charge in [0.25, 0.3) is 0 Å². The highest BCUT2D eigenvalue weighted by Gasteiger charge is 2.29. The molecule has 0 aliphatic rings. The van der Waals surface area contributed by atoms with E-state index in [1.807, 2.05) is 0 Å². The Labute approximate surface area is 94.9 Å². The van der Waals surface area contributed by atoms with Gasteiger partial charge in [-0.15, -0.1) is 0 Å². The minimum absolute atomic E-state index is 0.0443. The molecule has 0 spiro atoms. The van der Waals surface area contributed by atoms with E-state index in [4.69, 9.17) is 33.4 Å². The molecule has 0 fully saturated rings. The maximum atomic E-state index is 10.4. The van der Waals surface area contributed by atoms with E-state index in [2.05, 4.69) is 4.98 Å². The van der Waals surface area contributed by atoms with Crippen molar-refractivity contribution in [2.24, 2.45) is 0 Å². The van der Waals surface area contributed by atoms with Gasteiger partial charge in [0, 0.05) is 11.8 Å². The fraction of sp³-hybridized carbons (Fsp3) is 0.250. The quantitative estimate of drug-likeness (QED) is 0.694. The number of aliphatic hydroxyl groups is 2. The number of aliphatic carboxylic acids is 1. The Morgan fingerprint density at radius 1 is 1.40 bits per heavy atom. The molecule has 1 aromatic rings. The molecule has 1 heterocycles. The van der Waals surface area contributed by atoms with Crippen molar-refractivity contribution in [1.82, 2.24) is 4.98 Å². The number of halogens is 2. The van der Waals surface area contributed by atoms with Gasteiger partial charge in [0.05, 0.1) is 5.02 Å². The molecule has 7 heteroatoms. The third kappa shape index (κ3) is 2.57. The van der Waals surface area contributed by atoms with Crippen LogP contribution in [0, 0.1) is 0 Å². The standard InChI is InChI=1S/C8H7Cl2NO4/c9-3-1-2-11-7(10)4(3)5(12)6(13)8(14)15/h1-2,5-6,12-13H,(H,14,15). The maximum Gasteiger partial charge on any atom is 0.335 e. The van der Waals surface area contributed by atoms with E-state index in [1.54, 1.807) is 0 Å². The third-order valence-corrected chi connectivity index (χ3v) is 2.37. The Morgan fingerprint density at radius 2 is 2.00 bits per heavy atom. The fourth-order valence-corrected chi connectivity index (χ4v) is 1.56. The predicted octanol–water partition coefficient (Wildman–Crippen LogP) is 0.867. The average molecular weight is 252 g/mol. The number of aromatic nitrogens is 1. The van der Waals surface area contributed by atoms with Gasteiger partial charge in [-0.3, -0.25) is 0 Å². The summed E-state index contributed by atoms with van der Waals surface area (Å²) in [5.41, 5.74) is -0.101. The highest BCUT2D eigenvalue weighted by atomic mass is 35.5. The molecule has 0 saturated carbocycles. The van der Waals surface area contributed by atoms with Crippen molar-refractivity contribution in [3.8, 4) is 0 Å². The van der Waals surface area contributed by atoms with Gasteiger partial charge in [0.15, 0.2) is 6.10 Å². The Bertz CT molecular complexity index is 365. The molecule has 1 rings (SSSR count). The molecule has 0 amide bonds. The molecule has 0 radical (unpaired) electrons. The zero-order chi connectivity index (χ0) is 11.6. The van der Waals surface area contributed by atoms with E-state index in [-0.39, 0.29) is 15.7 Å². The summed E-state index contributed by atoms with van der Waals surface area (Å²) < 4.78 is 0. The van der Waals surface area contributed by atoms with Gasteiger partial charge in [0.1, 0.15) is 11.3 Å². The van der Waals surface area contributed by atoms with Crippen molar-refractivity contribution in [2.75, 3.05) is 0 Å². The van der Waals surface area contributed by atoms with Crippen molar-refractivity contribution in [2.45, 2.75) is 12.2 Å². The predicted molar refractivity (Wildman–Crippen MR) is 52.9 cm³/mol. The lowest BCUT2D eigenvalue weighted by Crippen LogP contribution is -2.28. The van der Waals surface area contributed by atoms with E-state index < -0.39 is 18.2 Å². The van der Waals surface area contributed by atoms with E-state index in [9.17, 15) is 9.90 Å². The van der Waals surface area contributed by atoms with Gasteiger partial charge in [-0.25, -0.2) is 9.78 Å². The van der Waals surface area contributed by atoms with Gasteiger partial charge >= 0.3 is 5.97 Å². The van der Waals surface area contributed by atoms with Gasteiger partial charge in [-0.2, -0.15) is 0 Å². The molecule has 2 atom stereocenters. The van der Waals surface area contributed by atoms with Crippen LogP contribution in [0.1, 0.15) is 11.7 Å². The number of carboxylic acid groups (broad SMARTS) is 1. The molecule has 0 aliphatic carbocycles. The van der Waals surface area contributed by atoms with E-state index in [0.717, 1.165) is 0 Å². The minimum Gasteiger partial charge on any atom is -0.479 e. The van der Waals surface area contributed by atoms with E-state index in [0.29, 0.717) is 0 Å². The second kappa shape index (κ2) is 4.76. The average Bonchev–Trinajstić information content (AvgIpc) is 2.15. The number of hydrogen-bond donors (Lipinski definition) is 3. The summed E-state index contributed by atoms with van der Waals surface area (Å²) in [6.45, 7) is 0. The highest BCUT2D eigenvalue weighted by Crippen LogP contribution is 2.30. The van der Waals surface area contributed by atoms with Crippen molar-refractivity contribution in [3.05, 3.63) is 28.0 Å². The van der Waals surface area contributed by atoms with Crippen molar-refractivity contribution >= 4 is 29.2 Å². The lowest BCUT2D eigenvalue weighted by Gasteiger charge is -2.16. The Morgan fingerprint density at radius 3 is 2.47 bits per heavy atom. The Kier molecular flexibility index (Phi) is 3.87. The first-order valence-corrected chi connectivity index (χ1v) is 4.59. The van der Waals surface area contributed by atoms with Crippen LogP contribution in [0.5, 0.6) is 0 Å². The monoisotopic (exact) mass is 251 g/mol. The number of nitrogens with zero attached hydrogens (tertiary/aromatic N) is 1. The van der Waals surface area contributed by atoms with Crippen LogP contribution >= 0.6 is 23.2 Å². The molecule has 1 aromatic heterocycles. The van der Waals surface area contributed by atoms with Crippen molar-refractivity contribution < 1.29 is 20.1 Å². The van der Waals surface area contributed by atoms with Crippen LogP contribution < -0.4 is 0 Å². The molecule has 0 bridgehead atoms. The number of rotatable bonds is 3. The smallest absolute Gasteiger partial charge is 0.335 e. The van der Waals surface area contributed by atoms with E-state index in [1.165, 1.54) is 12.3 Å². The summed E-state index contributed by atoms with van der Waals surface area (Å²) >= 11 is 11.3. The van der Waals surface area contributed by atoms with Crippen LogP contribution in [-0.2, 0) is 4.79 Å². The molecule has 0 aliphatic heterocycles.